The zero-order valence-corrected chi connectivity index (χ0v) is 16.5. The molecular weight excluding hydrogens is 390 g/mol. The Bertz CT molecular complexity index is 876. The monoisotopic (exact) mass is 413 g/mol. The van der Waals surface area contributed by atoms with E-state index >= 15 is 0 Å². The molecule has 3 rings (SSSR count). The van der Waals surface area contributed by atoms with Gasteiger partial charge in [-0.05, 0) is 36.6 Å². The topological polar surface area (TPSA) is 106 Å². The average Bonchev–Trinajstić information content (AvgIpc) is 3.16. The lowest BCUT2D eigenvalue weighted by molar-refractivity contribution is 0.0950. The first-order chi connectivity index (χ1) is 12.5. The molecule has 3 N–H and O–H groups in total. The standard InChI is InChI=1S/C18H23N3O4S.ClH/c19-11-16-10-15(13-25-16)18(22)20-12-14-5-4-6-17(9-14)26(23,24)21-7-2-1-3-8-21;/h4-6,9-10,13H,1-3,7-8,11-12,19H2,(H,20,22);1H. The summed E-state index contributed by atoms with van der Waals surface area (Å²) >= 11 is 0. The molecule has 7 nitrogen and oxygen atoms in total. The van der Waals surface area contributed by atoms with Crippen LogP contribution in [0.1, 0.15) is 40.9 Å². The van der Waals surface area contributed by atoms with Crippen LogP contribution < -0.4 is 11.1 Å². The quantitative estimate of drug-likeness (QED) is 0.755. The summed E-state index contributed by atoms with van der Waals surface area (Å²) in [5, 5.41) is 2.76. The first-order valence-corrected chi connectivity index (χ1v) is 10.1. The minimum Gasteiger partial charge on any atom is -0.467 e. The van der Waals surface area contributed by atoms with Crippen molar-refractivity contribution in [2.45, 2.75) is 37.2 Å². The van der Waals surface area contributed by atoms with Crippen molar-refractivity contribution in [1.29, 1.82) is 0 Å². The number of nitrogens with two attached hydrogens (primary N) is 1. The Morgan fingerprint density at radius 2 is 1.93 bits per heavy atom. The molecule has 0 saturated carbocycles. The number of nitrogens with one attached hydrogen (secondary N) is 1. The highest BCUT2D eigenvalue weighted by Crippen LogP contribution is 2.21. The number of carbonyl (C=O) groups is 1. The van der Waals surface area contributed by atoms with Gasteiger partial charge in [0, 0.05) is 19.6 Å². The number of hydrogen-bond donors (Lipinski definition) is 2. The van der Waals surface area contributed by atoms with Gasteiger partial charge in [0.1, 0.15) is 12.0 Å². The van der Waals surface area contributed by atoms with Crippen molar-refractivity contribution in [2.24, 2.45) is 5.73 Å². The molecule has 0 atom stereocenters. The number of nitrogens with zero attached hydrogens (tertiary/aromatic N) is 1. The van der Waals surface area contributed by atoms with E-state index in [4.69, 9.17) is 10.2 Å². The highest BCUT2D eigenvalue weighted by atomic mass is 35.5. The maximum Gasteiger partial charge on any atom is 0.254 e. The number of benzene rings is 1. The van der Waals surface area contributed by atoms with Crippen molar-refractivity contribution < 1.29 is 17.6 Å². The molecule has 27 heavy (non-hydrogen) atoms. The van der Waals surface area contributed by atoms with Crippen LogP contribution in [0.4, 0.5) is 0 Å². The smallest absolute Gasteiger partial charge is 0.254 e. The molecule has 0 bridgehead atoms. The van der Waals surface area contributed by atoms with E-state index in [-0.39, 0.29) is 36.3 Å². The zero-order valence-electron chi connectivity index (χ0n) is 14.9. The molecule has 0 aliphatic carbocycles. The van der Waals surface area contributed by atoms with Crippen LogP contribution in [0.3, 0.4) is 0 Å². The number of piperidine rings is 1. The van der Waals surface area contributed by atoms with Gasteiger partial charge < -0.3 is 15.5 Å². The summed E-state index contributed by atoms with van der Waals surface area (Å²) in [6.45, 7) is 1.58. The Morgan fingerprint density at radius 3 is 2.59 bits per heavy atom. The highest BCUT2D eigenvalue weighted by Gasteiger charge is 2.25. The summed E-state index contributed by atoms with van der Waals surface area (Å²) in [7, 11) is -3.48. The Morgan fingerprint density at radius 1 is 1.19 bits per heavy atom. The lowest BCUT2D eigenvalue weighted by atomic mass is 10.2. The maximum atomic E-state index is 12.7. The van der Waals surface area contributed by atoms with E-state index < -0.39 is 10.0 Å². The second-order valence-electron chi connectivity index (χ2n) is 6.30. The summed E-state index contributed by atoms with van der Waals surface area (Å²) in [6, 6.07) is 8.29. The molecule has 1 aliphatic rings. The molecule has 0 spiro atoms. The van der Waals surface area contributed by atoms with E-state index in [1.165, 1.54) is 10.6 Å². The lowest BCUT2D eigenvalue weighted by Crippen LogP contribution is -2.35. The number of furan rings is 1. The predicted molar refractivity (Wildman–Crippen MR) is 104 cm³/mol. The molecule has 1 fully saturated rings. The van der Waals surface area contributed by atoms with Crippen LogP contribution in [0.5, 0.6) is 0 Å². The van der Waals surface area contributed by atoms with Gasteiger partial charge in [0.25, 0.3) is 5.91 Å². The van der Waals surface area contributed by atoms with Crippen molar-refractivity contribution in [3.8, 4) is 0 Å². The van der Waals surface area contributed by atoms with Crippen LogP contribution in [0, 0.1) is 0 Å². The minimum absolute atomic E-state index is 0. The van der Waals surface area contributed by atoms with Gasteiger partial charge in [0.2, 0.25) is 10.0 Å². The molecule has 2 aromatic rings. The zero-order chi connectivity index (χ0) is 18.6. The Balaban J connectivity index is 0.00000261. The van der Waals surface area contributed by atoms with Crippen LogP contribution >= 0.6 is 12.4 Å². The number of rotatable bonds is 6. The number of carbonyl (C=O) groups excluding carboxylic acids is 1. The minimum atomic E-state index is -3.48. The predicted octanol–water partition coefficient (Wildman–Crippen LogP) is 2.26. The summed E-state index contributed by atoms with van der Waals surface area (Å²) in [4.78, 5) is 12.4. The molecule has 1 aromatic carbocycles. The van der Waals surface area contributed by atoms with E-state index in [9.17, 15) is 13.2 Å². The Labute approximate surface area is 165 Å². The molecule has 1 saturated heterocycles. The highest BCUT2D eigenvalue weighted by molar-refractivity contribution is 7.89. The van der Waals surface area contributed by atoms with Gasteiger partial charge >= 0.3 is 0 Å². The van der Waals surface area contributed by atoms with Crippen LogP contribution in [-0.4, -0.2) is 31.7 Å². The Hall–Kier alpha value is -1.87. The van der Waals surface area contributed by atoms with E-state index in [1.54, 1.807) is 30.3 Å². The second kappa shape index (κ2) is 9.36. The number of amides is 1. The van der Waals surface area contributed by atoms with Crippen LogP contribution in [0.15, 0.2) is 45.9 Å². The first-order valence-electron chi connectivity index (χ1n) is 8.65. The van der Waals surface area contributed by atoms with Gasteiger partial charge in [0.15, 0.2) is 0 Å². The summed E-state index contributed by atoms with van der Waals surface area (Å²) in [5.74, 6) is 0.238. The normalized spacial score (nSPS) is 15.1. The van der Waals surface area contributed by atoms with E-state index in [0.29, 0.717) is 24.4 Å². The molecule has 9 heteroatoms. The lowest BCUT2D eigenvalue weighted by Gasteiger charge is -2.26. The first kappa shape index (κ1) is 21.4. The van der Waals surface area contributed by atoms with E-state index in [0.717, 1.165) is 24.8 Å². The molecule has 2 heterocycles. The van der Waals surface area contributed by atoms with Gasteiger partial charge in [-0.2, -0.15) is 4.31 Å². The second-order valence-corrected chi connectivity index (χ2v) is 8.24. The third-order valence-electron chi connectivity index (χ3n) is 4.42. The summed E-state index contributed by atoms with van der Waals surface area (Å²) < 4.78 is 32.2. The largest absolute Gasteiger partial charge is 0.467 e. The van der Waals surface area contributed by atoms with Gasteiger partial charge in [-0.3, -0.25) is 4.79 Å². The van der Waals surface area contributed by atoms with E-state index in [1.807, 2.05) is 0 Å². The molecule has 1 amide bonds. The number of hydrogen-bond acceptors (Lipinski definition) is 5. The summed E-state index contributed by atoms with van der Waals surface area (Å²) in [5.41, 5.74) is 6.57. The van der Waals surface area contributed by atoms with Crippen molar-refractivity contribution in [3.63, 3.8) is 0 Å². The molecule has 0 unspecified atom stereocenters. The van der Waals surface area contributed by atoms with Crippen LogP contribution in [-0.2, 0) is 23.1 Å². The fourth-order valence-corrected chi connectivity index (χ4v) is 4.55. The summed E-state index contributed by atoms with van der Waals surface area (Å²) in [6.07, 6.45) is 4.21. The van der Waals surface area contributed by atoms with Gasteiger partial charge in [-0.1, -0.05) is 18.6 Å². The third-order valence-corrected chi connectivity index (χ3v) is 6.32. The van der Waals surface area contributed by atoms with E-state index in [2.05, 4.69) is 5.32 Å². The molecular formula is C18H24ClN3O4S. The third kappa shape index (κ3) is 5.10. The Kier molecular flexibility index (Phi) is 7.43. The number of sulfonamides is 1. The fraction of sp³-hybridized carbons (Fsp3) is 0.389. The molecule has 1 aliphatic heterocycles. The average molecular weight is 414 g/mol. The number of halogens is 1. The van der Waals surface area contributed by atoms with Crippen molar-refractivity contribution in [1.82, 2.24) is 9.62 Å². The fourth-order valence-electron chi connectivity index (χ4n) is 2.96. The van der Waals surface area contributed by atoms with Gasteiger partial charge in [-0.15, -0.1) is 12.4 Å². The van der Waals surface area contributed by atoms with Crippen molar-refractivity contribution in [2.75, 3.05) is 13.1 Å². The van der Waals surface area contributed by atoms with Gasteiger partial charge in [0.05, 0.1) is 17.0 Å². The van der Waals surface area contributed by atoms with Crippen molar-refractivity contribution >= 4 is 28.3 Å². The van der Waals surface area contributed by atoms with Crippen molar-refractivity contribution in [3.05, 3.63) is 53.5 Å². The van der Waals surface area contributed by atoms with Crippen LogP contribution in [0.2, 0.25) is 0 Å². The SMILES string of the molecule is Cl.NCc1cc(C(=O)NCc2cccc(S(=O)(=O)N3CCCCC3)c2)co1. The van der Waals surface area contributed by atoms with Gasteiger partial charge in [-0.25, -0.2) is 8.42 Å². The maximum absolute atomic E-state index is 12.7. The molecule has 148 valence electrons. The molecule has 1 aromatic heterocycles. The van der Waals surface area contributed by atoms with Crippen LogP contribution in [0.25, 0.3) is 0 Å². The molecule has 0 radical (unpaired) electrons.